The minimum atomic E-state index is -0.0450. The van der Waals surface area contributed by atoms with Crippen molar-refractivity contribution in [1.29, 1.82) is 0 Å². The molecule has 1 amide bonds. The maximum atomic E-state index is 12.8. The van der Waals surface area contributed by atoms with Gasteiger partial charge in [0.25, 0.3) is 0 Å². The SMILES string of the molecule is Cc1nc(-c2ccc(Cl)cc2)c(CC(=O)Nc2ccnn2C2CCCCC2)s1. The predicted octanol–water partition coefficient (Wildman–Crippen LogP) is 5.65. The number of benzene rings is 1. The van der Waals surface area contributed by atoms with Gasteiger partial charge in [0, 0.05) is 21.5 Å². The Kier molecular flexibility index (Phi) is 5.78. The van der Waals surface area contributed by atoms with E-state index in [4.69, 9.17) is 11.6 Å². The highest BCUT2D eigenvalue weighted by atomic mass is 35.5. The number of aryl methyl sites for hydroxylation is 1. The van der Waals surface area contributed by atoms with Crippen LogP contribution in [0.3, 0.4) is 0 Å². The Balaban J connectivity index is 1.49. The summed E-state index contributed by atoms with van der Waals surface area (Å²) >= 11 is 7.56. The normalized spacial score (nSPS) is 14.9. The highest BCUT2D eigenvalue weighted by Gasteiger charge is 2.20. The van der Waals surface area contributed by atoms with Crippen molar-refractivity contribution in [1.82, 2.24) is 14.8 Å². The molecule has 146 valence electrons. The van der Waals surface area contributed by atoms with Crippen LogP contribution in [0.2, 0.25) is 5.02 Å². The number of rotatable bonds is 5. The van der Waals surface area contributed by atoms with Gasteiger partial charge >= 0.3 is 0 Å². The fraction of sp³-hybridized carbons (Fsp3) is 0.381. The third-order valence-corrected chi connectivity index (χ3v) is 6.32. The molecule has 2 aromatic heterocycles. The number of nitrogens with one attached hydrogen (secondary N) is 1. The number of halogens is 1. The number of carbonyl (C=O) groups excluding carboxylic acids is 1. The van der Waals surface area contributed by atoms with Crippen molar-refractivity contribution in [3.8, 4) is 11.3 Å². The number of hydrogen-bond donors (Lipinski definition) is 1. The molecule has 1 fully saturated rings. The van der Waals surface area contributed by atoms with Crippen molar-refractivity contribution in [3.63, 3.8) is 0 Å². The van der Waals surface area contributed by atoms with Crippen molar-refractivity contribution >= 4 is 34.7 Å². The van der Waals surface area contributed by atoms with E-state index in [1.54, 1.807) is 17.5 Å². The highest BCUT2D eigenvalue weighted by molar-refractivity contribution is 7.12. The lowest BCUT2D eigenvalue weighted by Crippen LogP contribution is -2.21. The first kappa shape index (κ1) is 19.2. The van der Waals surface area contributed by atoms with Crippen LogP contribution in [0.15, 0.2) is 36.5 Å². The van der Waals surface area contributed by atoms with E-state index in [-0.39, 0.29) is 5.91 Å². The molecule has 0 saturated heterocycles. The molecule has 1 aliphatic carbocycles. The molecule has 0 atom stereocenters. The van der Waals surface area contributed by atoms with Gasteiger partial charge in [-0.15, -0.1) is 11.3 Å². The minimum Gasteiger partial charge on any atom is -0.311 e. The zero-order valence-corrected chi connectivity index (χ0v) is 17.4. The molecular weight excluding hydrogens is 392 g/mol. The first-order valence-electron chi connectivity index (χ1n) is 9.66. The molecule has 0 bridgehead atoms. The van der Waals surface area contributed by atoms with Crippen molar-refractivity contribution in [3.05, 3.63) is 51.4 Å². The van der Waals surface area contributed by atoms with E-state index in [0.717, 1.165) is 39.8 Å². The quantitative estimate of drug-likeness (QED) is 0.586. The summed E-state index contributed by atoms with van der Waals surface area (Å²) in [5.41, 5.74) is 1.83. The molecular formula is C21H23ClN4OS. The Labute approximate surface area is 173 Å². The molecule has 1 aliphatic rings. The van der Waals surface area contributed by atoms with Gasteiger partial charge in [-0.2, -0.15) is 5.10 Å². The van der Waals surface area contributed by atoms with Gasteiger partial charge in [0.15, 0.2) is 0 Å². The van der Waals surface area contributed by atoms with Crippen LogP contribution in [0.4, 0.5) is 5.82 Å². The van der Waals surface area contributed by atoms with Gasteiger partial charge in [-0.05, 0) is 31.9 Å². The van der Waals surface area contributed by atoms with Crippen molar-refractivity contribution in [2.45, 2.75) is 51.5 Å². The molecule has 2 heterocycles. The van der Waals surface area contributed by atoms with Crippen LogP contribution in [0.5, 0.6) is 0 Å². The Bertz CT molecular complexity index is 957. The molecule has 1 N–H and O–H groups in total. The number of hydrogen-bond acceptors (Lipinski definition) is 4. The Morgan fingerprint density at radius 3 is 2.71 bits per heavy atom. The molecule has 28 heavy (non-hydrogen) atoms. The summed E-state index contributed by atoms with van der Waals surface area (Å²) in [6.07, 6.45) is 8.04. The molecule has 3 aromatic rings. The Hall–Kier alpha value is -2.18. The van der Waals surface area contributed by atoms with Crippen LogP contribution in [-0.2, 0) is 11.2 Å². The maximum Gasteiger partial charge on any atom is 0.230 e. The van der Waals surface area contributed by atoms with Gasteiger partial charge in [-0.25, -0.2) is 9.67 Å². The first-order valence-corrected chi connectivity index (χ1v) is 10.9. The van der Waals surface area contributed by atoms with E-state index in [1.165, 1.54) is 19.3 Å². The van der Waals surface area contributed by atoms with Crippen LogP contribution in [0, 0.1) is 6.92 Å². The third kappa shape index (κ3) is 4.28. The van der Waals surface area contributed by atoms with Crippen molar-refractivity contribution in [2.24, 2.45) is 0 Å². The molecule has 0 aliphatic heterocycles. The molecule has 5 nitrogen and oxygen atoms in total. The Morgan fingerprint density at radius 2 is 1.96 bits per heavy atom. The topological polar surface area (TPSA) is 59.8 Å². The van der Waals surface area contributed by atoms with Gasteiger partial charge in [-0.1, -0.05) is 43.0 Å². The second kappa shape index (κ2) is 8.45. The van der Waals surface area contributed by atoms with Gasteiger partial charge in [-0.3, -0.25) is 4.79 Å². The third-order valence-electron chi connectivity index (χ3n) is 5.10. The van der Waals surface area contributed by atoms with E-state index < -0.39 is 0 Å². The fourth-order valence-corrected chi connectivity index (χ4v) is 4.87. The average molecular weight is 415 g/mol. The summed E-state index contributed by atoms with van der Waals surface area (Å²) in [7, 11) is 0. The van der Waals surface area contributed by atoms with Crippen LogP contribution in [0.25, 0.3) is 11.3 Å². The zero-order chi connectivity index (χ0) is 19.5. The standard InChI is InChI=1S/C21H23ClN4OS/c1-14-24-21(15-7-9-16(22)10-8-15)18(28-14)13-20(27)25-19-11-12-23-26(19)17-5-3-2-4-6-17/h7-12,17H,2-6,13H2,1H3,(H,25,27). The number of nitrogens with zero attached hydrogens (tertiary/aromatic N) is 3. The number of carbonyl (C=O) groups is 1. The fourth-order valence-electron chi connectivity index (χ4n) is 3.79. The predicted molar refractivity (Wildman–Crippen MR) is 114 cm³/mol. The van der Waals surface area contributed by atoms with Gasteiger partial charge in [0.05, 0.1) is 29.4 Å². The van der Waals surface area contributed by atoms with Crippen molar-refractivity contribution < 1.29 is 4.79 Å². The lowest BCUT2D eigenvalue weighted by molar-refractivity contribution is -0.115. The van der Waals surface area contributed by atoms with Gasteiger partial charge in [0.2, 0.25) is 5.91 Å². The summed E-state index contributed by atoms with van der Waals surface area (Å²) in [4.78, 5) is 18.4. The van der Waals surface area contributed by atoms with Crippen molar-refractivity contribution in [2.75, 3.05) is 5.32 Å². The zero-order valence-electron chi connectivity index (χ0n) is 15.8. The van der Waals surface area contributed by atoms with E-state index in [0.29, 0.717) is 17.5 Å². The smallest absolute Gasteiger partial charge is 0.230 e. The monoisotopic (exact) mass is 414 g/mol. The van der Waals surface area contributed by atoms with E-state index in [1.807, 2.05) is 41.9 Å². The Morgan fingerprint density at radius 1 is 1.21 bits per heavy atom. The molecule has 0 spiro atoms. The summed E-state index contributed by atoms with van der Waals surface area (Å²) in [6.45, 7) is 1.96. The molecule has 1 aromatic carbocycles. The van der Waals surface area contributed by atoms with Gasteiger partial charge in [0.1, 0.15) is 5.82 Å². The number of aromatic nitrogens is 3. The van der Waals surface area contributed by atoms with Crippen LogP contribution < -0.4 is 5.32 Å². The molecule has 0 radical (unpaired) electrons. The highest BCUT2D eigenvalue weighted by Crippen LogP contribution is 2.31. The largest absolute Gasteiger partial charge is 0.311 e. The molecule has 0 unspecified atom stereocenters. The summed E-state index contributed by atoms with van der Waals surface area (Å²) in [5.74, 6) is 0.739. The lowest BCUT2D eigenvalue weighted by Gasteiger charge is -2.23. The second-order valence-corrected chi connectivity index (χ2v) is 8.91. The van der Waals surface area contributed by atoms with Crippen LogP contribution >= 0.6 is 22.9 Å². The van der Waals surface area contributed by atoms with E-state index >= 15 is 0 Å². The summed E-state index contributed by atoms with van der Waals surface area (Å²) < 4.78 is 1.98. The number of anilines is 1. The summed E-state index contributed by atoms with van der Waals surface area (Å²) in [5, 5.41) is 9.14. The second-order valence-electron chi connectivity index (χ2n) is 7.19. The lowest BCUT2D eigenvalue weighted by atomic mass is 9.96. The number of amides is 1. The van der Waals surface area contributed by atoms with Gasteiger partial charge < -0.3 is 5.32 Å². The minimum absolute atomic E-state index is 0.0450. The van der Waals surface area contributed by atoms with E-state index in [9.17, 15) is 4.79 Å². The molecule has 4 rings (SSSR count). The molecule has 1 saturated carbocycles. The molecule has 7 heteroatoms. The van der Waals surface area contributed by atoms with Crippen LogP contribution in [0.1, 0.15) is 48.0 Å². The first-order chi connectivity index (χ1) is 13.6. The summed E-state index contributed by atoms with van der Waals surface area (Å²) in [6, 6.07) is 9.84. The average Bonchev–Trinajstić information content (AvgIpc) is 3.29. The maximum absolute atomic E-state index is 12.8. The van der Waals surface area contributed by atoms with E-state index in [2.05, 4.69) is 15.4 Å². The number of thiazole rings is 1. The van der Waals surface area contributed by atoms with Crippen LogP contribution in [-0.4, -0.2) is 20.7 Å².